The summed E-state index contributed by atoms with van der Waals surface area (Å²) < 4.78 is 68.5. The molecular weight excluding hydrogens is 1250 g/mol. The number of rotatable bonds is 73. The highest BCUT2D eigenvalue weighted by atomic mass is 31.2. The lowest BCUT2D eigenvalue weighted by Crippen LogP contribution is -2.30. The molecular formula is C76H148O17P2. The molecule has 0 aromatic heterocycles. The second-order valence-corrected chi connectivity index (χ2v) is 32.0. The predicted molar refractivity (Wildman–Crippen MR) is 386 cm³/mol. The maximum absolute atomic E-state index is 13.1. The van der Waals surface area contributed by atoms with Crippen LogP contribution in [-0.2, 0) is 65.4 Å². The molecule has 0 spiro atoms. The van der Waals surface area contributed by atoms with Crippen LogP contribution in [0.25, 0.3) is 0 Å². The largest absolute Gasteiger partial charge is 0.472 e. The van der Waals surface area contributed by atoms with Crippen molar-refractivity contribution in [1.29, 1.82) is 0 Å². The van der Waals surface area contributed by atoms with Gasteiger partial charge in [-0.05, 0) is 49.4 Å². The van der Waals surface area contributed by atoms with Gasteiger partial charge in [0.1, 0.15) is 19.3 Å². The number of hydrogen-bond acceptors (Lipinski definition) is 15. The topological polar surface area (TPSA) is 237 Å². The maximum Gasteiger partial charge on any atom is 0.472 e. The third-order valence-electron chi connectivity index (χ3n) is 17.9. The Hall–Kier alpha value is -1.94. The average Bonchev–Trinajstić information content (AvgIpc) is 1.29. The van der Waals surface area contributed by atoms with E-state index in [1.54, 1.807) is 0 Å². The van der Waals surface area contributed by atoms with Crippen molar-refractivity contribution in [3.8, 4) is 0 Å². The molecule has 0 aliphatic carbocycles. The first-order valence-electron chi connectivity index (χ1n) is 39.2. The van der Waals surface area contributed by atoms with Gasteiger partial charge in [-0.25, -0.2) is 9.13 Å². The van der Waals surface area contributed by atoms with Crippen molar-refractivity contribution in [1.82, 2.24) is 0 Å². The summed E-state index contributed by atoms with van der Waals surface area (Å²) >= 11 is 0. The Morgan fingerprint density at radius 1 is 0.295 bits per heavy atom. The number of phosphoric acid groups is 2. The van der Waals surface area contributed by atoms with Crippen molar-refractivity contribution < 1.29 is 80.2 Å². The number of ether oxygens (including phenoxy) is 4. The third kappa shape index (κ3) is 69.0. The molecule has 19 heteroatoms. The predicted octanol–water partition coefficient (Wildman–Crippen LogP) is 22.0. The molecule has 0 aliphatic rings. The first-order valence-corrected chi connectivity index (χ1v) is 42.2. The highest BCUT2D eigenvalue weighted by molar-refractivity contribution is 7.47. The molecule has 4 unspecified atom stereocenters. The number of hydrogen-bond donors (Lipinski definition) is 3. The Labute approximate surface area is 581 Å². The van der Waals surface area contributed by atoms with E-state index >= 15 is 0 Å². The SMILES string of the molecule is CCC(C)CCCCCCCCCCC(=O)O[C@H](COC(=O)CCCCCCCCCCC(C)C)COP(=O)(O)OCC(O)COP(=O)(O)OC[C@@H](COC(=O)CCCCCCCCCCCCCCC(C)C)OC(=O)CCCCCCCCCCCCCCCCC(C)C. The van der Waals surface area contributed by atoms with Crippen molar-refractivity contribution in [3.05, 3.63) is 0 Å². The molecule has 0 saturated carbocycles. The van der Waals surface area contributed by atoms with E-state index in [-0.39, 0.29) is 25.7 Å². The van der Waals surface area contributed by atoms with E-state index in [2.05, 4.69) is 55.4 Å². The molecule has 3 N–H and O–H groups in total. The van der Waals surface area contributed by atoms with Crippen molar-refractivity contribution in [2.45, 2.75) is 401 Å². The lowest BCUT2D eigenvalue weighted by molar-refractivity contribution is -0.161. The first kappa shape index (κ1) is 93.1. The molecule has 6 atom stereocenters. The average molecular weight is 1400 g/mol. The van der Waals surface area contributed by atoms with E-state index < -0.39 is 97.5 Å². The smallest absolute Gasteiger partial charge is 0.462 e. The van der Waals surface area contributed by atoms with Crippen LogP contribution in [-0.4, -0.2) is 96.7 Å². The summed E-state index contributed by atoms with van der Waals surface area (Å²) in [5, 5.41) is 10.6. The van der Waals surface area contributed by atoms with E-state index in [0.717, 1.165) is 114 Å². The summed E-state index contributed by atoms with van der Waals surface area (Å²) in [5.74, 6) is 0.951. The molecule has 0 aromatic carbocycles. The normalized spacial score (nSPS) is 14.4. The molecule has 0 fully saturated rings. The van der Waals surface area contributed by atoms with Gasteiger partial charge in [-0.15, -0.1) is 0 Å². The summed E-state index contributed by atoms with van der Waals surface area (Å²) in [4.78, 5) is 72.8. The molecule has 0 radical (unpaired) electrons. The van der Waals surface area contributed by atoms with Gasteiger partial charge in [0.2, 0.25) is 0 Å². The van der Waals surface area contributed by atoms with Crippen LogP contribution in [0.15, 0.2) is 0 Å². The van der Waals surface area contributed by atoms with Crippen LogP contribution < -0.4 is 0 Å². The van der Waals surface area contributed by atoms with Crippen LogP contribution in [0.5, 0.6) is 0 Å². The molecule has 0 bridgehead atoms. The second kappa shape index (κ2) is 65.4. The zero-order valence-corrected chi connectivity index (χ0v) is 64.1. The van der Waals surface area contributed by atoms with Crippen LogP contribution in [0, 0.1) is 23.7 Å². The minimum atomic E-state index is -4.96. The summed E-state index contributed by atoms with van der Waals surface area (Å²) in [6.45, 7) is 14.2. The monoisotopic (exact) mass is 1400 g/mol. The maximum atomic E-state index is 13.1. The van der Waals surface area contributed by atoms with Gasteiger partial charge >= 0.3 is 39.5 Å². The Morgan fingerprint density at radius 2 is 0.505 bits per heavy atom. The Bertz CT molecular complexity index is 1870. The highest BCUT2D eigenvalue weighted by Gasteiger charge is 2.30. The first-order chi connectivity index (χ1) is 45.6. The van der Waals surface area contributed by atoms with Crippen LogP contribution in [0.4, 0.5) is 0 Å². The Balaban J connectivity index is 5.26. The molecule has 95 heavy (non-hydrogen) atoms. The van der Waals surface area contributed by atoms with E-state index in [9.17, 15) is 43.2 Å². The minimum absolute atomic E-state index is 0.104. The number of aliphatic hydroxyl groups excluding tert-OH is 1. The van der Waals surface area contributed by atoms with Gasteiger partial charge in [0.25, 0.3) is 0 Å². The Morgan fingerprint density at radius 3 is 0.747 bits per heavy atom. The fourth-order valence-corrected chi connectivity index (χ4v) is 13.1. The van der Waals surface area contributed by atoms with Crippen LogP contribution in [0.2, 0.25) is 0 Å². The minimum Gasteiger partial charge on any atom is -0.462 e. The Kier molecular flexibility index (Phi) is 64.0. The zero-order valence-electron chi connectivity index (χ0n) is 62.3. The van der Waals surface area contributed by atoms with E-state index in [4.69, 9.17) is 37.0 Å². The van der Waals surface area contributed by atoms with Crippen molar-refractivity contribution in [2.75, 3.05) is 39.6 Å². The number of phosphoric ester groups is 2. The van der Waals surface area contributed by atoms with E-state index in [1.165, 1.54) is 186 Å². The van der Waals surface area contributed by atoms with Crippen molar-refractivity contribution >= 4 is 39.5 Å². The molecule has 0 aliphatic heterocycles. The van der Waals surface area contributed by atoms with Gasteiger partial charge in [0.15, 0.2) is 12.2 Å². The van der Waals surface area contributed by atoms with E-state index in [1.807, 2.05) is 0 Å². The van der Waals surface area contributed by atoms with Gasteiger partial charge in [-0.2, -0.15) is 0 Å². The number of carbonyl (C=O) groups excluding carboxylic acids is 4. The number of unbranched alkanes of at least 4 members (excludes halogenated alkanes) is 38. The van der Waals surface area contributed by atoms with Gasteiger partial charge in [0, 0.05) is 25.7 Å². The quantitative estimate of drug-likeness (QED) is 0.0222. The molecule has 17 nitrogen and oxygen atoms in total. The standard InChI is InChI=1S/C76H148O17P2/c1-9-69(8)55-47-39-31-25-27-35-43-51-59-76(81)93-72(63-87-74(79)57-49-41-33-26-24-30-38-46-54-68(6)7)65-91-95(84,85)89-61-70(77)60-88-94(82,83)90-64-71(62-86-73(78)56-48-40-32-22-18-15-14-17-21-29-37-45-53-67(4)5)92-75(80)58-50-42-34-23-19-13-11-10-12-16-20-28-36-44-52-66(2)3/h66-72,77H,9-65H2,1-8H3,(H,82,83)(H,84,85)/t69?,70?,71-,72-/m1/s1. The third-order valence-corrected chi connectivity index (χ3v) is 19.8. The molecule has 0 saturated heterocycles. The molecule has 0 rings (SSSR count). The van der Waals surface area contributed by atoms with Crippen molar-refractivity contribution in [3.63, 3.8) is 0 Å². The van der Waals surface area contributed by atoms with Gasteiger partial charge in [0.05, 0.1) is 26.4 Å². The lowest BCUT2D eigenvalue weighted by Gasteiger charge is -2.21. The van der Waals surface area contributed by atoms with E-state index in [0.29, 0.717) is 25.7 Å². The number of carbonyl (C=O) groups is 4. The van der Waals surface area contributed by atoms with Crippen LogP contribution in [0.3, 0.4) is 0 Å². The lowest BCUT2D eigenvalue weighted by atomic mass is 9.99. The summed E-state index contributed by atoms with van der Waals surface area (Å²) in [5.41, 5.74) is 0. The summed E-state index contributed by atoms with van der Waals surface area (Å²) in [6, 6.07) is 0. The highest BCUT2D eigenvalue weighted by Crippen LogP contribution is 2.45. The fraction of sp³-hybridized carbons (Fsp3) is 0.947. The van der Waals surface area contributed by atoms with Crippen LogP contribution >= 0.6 is 15.6 Å². The molecule has 0 heterocycles. The number of aliphatic hydroxyl groups is 1. The second-order valence-electron chi connectivity index (χ2n) is 29.1. The zero-order chi connectivity index (χ0) is 70.3. The van der Waals surface area contributed by atoms with Gasteiger partial charge < -0.3 is 33.8 Å². The van der Waals surface area contributed by atoms with Crippen molar-refractivity contribution in [2.24, 2.45) is 23.7 Å². The fourth-order valence-electron chi connectivity index (χ4n) is 11.5. The van der Waals surface area contributed by atoms with Gasteiger partial charge in [-0.1, -0.05) is 331 Å². The number of esters is 4. The molecule has 564 valence electrons. The summed E-state index contributed by atoms with van der Waals surface area (Å²) in [6.07, 6.45) is 49.9. The van der Waals surface area contributed by atoms with Crippen LogP contribution in [0.1, 0.15) is 383 Å². The molecule has 0 amide bonds. The molecule has 0 aromatic rings. The van der Waals surface area contributed by atoms with Gasteiger partial charge in [-0.3, -0.25) is 37.3 Å². The summed E-state index contributed by atoms with van der Waals surface area (Å²) in [7, 11) is -9.91.